The first-order valence-corrected chi connectivity index (χ1v) is 17.2. The van der Waals surface area contributed by atoms with Crippen LogP contribution in [0.4, 0.5) is 17.1 Å². The minimum atomic E-state index is 1.06. The van der Waals surface area contributed by atoms with Gasteiger partial charge in [-0.05, 0) is 113 Å². The number of fused-ring (bicyclic) bond motifs is 4. The van der Waals surface area contributed by atoms with Crippen molar-refractivity contribution in [1.82, 2.24) is 0 Å². The summed E-state index contributed by atoms with van der Waals surface area (Å²) >= 11 is 1.85. The molecule has 1 aromatic heterocycles. The lowest BCUT2D eigenvalue weighted by Gasteiger charge is -2.26. The Morgan fingerprint density at radius 3 is 1.79 bits per heavy atom. The maximum absolute atomic E-state index is 4.34. The van der Waals surface area contributed by atoms with Crippen molar-refractivity contribution < 1.29 is 0 Å². The molecule has 230 valence electrons. The number of allylic oxidation sites excluding steroid dienone is 2. The van der Waals surface area contributed by atoms with Crippen LogP contribution in [0.2, 0.25) is 0 Å². The normalized spacial score (nSPS) is 11.5. The van der Waals surface area contributed by atoms with E-state index in [9.17, 15) is 0 Å². The van der Waals surface area contributed by atoms with Gasteiger partial charge < -0.3 is 4.90 Å². The molecule has 0 aliphatic carbocycles. The Kier molecular flexibility index (Phi) is 7.72. The summed E-state index contributed by atoms with van der Waals surface area (Å²) in [6.07, 6.45) is 4.31. The Hall–Kier alpha value is -5.70. The summed E-state index contributed by atoms with van der Waals surface area (Å²) in [7, 11) is 0. The summed E-state index contributed by atoms with van der Waals surface area (Å²) in [5, 5.41) is 5.07. The van der Waals surface area contributed by atoms with E-state index in [2.05, 4.69) is 189 Å². The van der Waals surface area contributed by atoms with Crippen LogP contribution in [0.5, 0.6) is 0 Å². The number of nitrogens with zero attached hydrogens (tertiary/aromatic N) is 1. The van der Waals surface area contributed by atoms with Crippen LogP contribution >= 0.6 is 11.3 Å². The molecule has 0 atom stereocenters. The standard InChI is InChI=1S/C46H35NS/c1-4-12-38-39-15-8-9-16-40(39)43(30-42(38)31(2)3)34-21-25-36(26-22-34)47(35-23-19-33(20-24-35)32-13-6-5-7-14-32)37-27-28-46-44(29-37)41-17-10-11-18-45(41)48-46/h4-30H,2H2,1,3H3/b12-4-. The molecule has 0 aliphatic heterocycles. The van der Waals surface area contributed by atoms with E-state index in [0.29, 0.717) is 0 Å². The summed E-state index contributed by atoms with van der Waals surface area (Å²) in [6.45, 7) is 8.50. The Morgan fingerprint density at radius 2 is 1.10 bits per heavy atom. The van der Waals surface area contributed by atoms with E-state index >= 15 is 0 Å². The van der Waals surface area contributed by atoms with E-state index in [4.69, 9.17) is 0 Å². The van der Waals surface area contributed by atoms with Gasteiger partial charge in [-0.2, -0.15) is 0 Å². The number of rotatable bonds is 7. The van der Waals surface area contributed by atoms with E-state index in [1.54, 1.807) is 0 Å². The summed E-state index contributed by atoms with van der Waals surface area (Å²) in [5.74, 6) is 0. The van der Waals surface area contributed by atoms with Crippen molar-refractivity contribution in [3.63, 3.8) is 0 Å². The van der Waals surface area contributed by atoms with Gasteiger partial charge in [0.1, 0.15) is 0 Å². The van der Waals surface area contributed by atoms with Crippen molar-refractivity contribution in [2.75, 3.05) is 4.90 Å². The molecule has 0 radical (unpaired) electrons. The lowest BCUT2D eigenvalue weighted by Crippen LogP contribution is -2.09. The Bertz CT molecular complexity index is 2460. The smallest absolute Gasteiger partial charge is 0.0468 e. The fourth-order valence-electron chi connectivity index (χ4n) is 6.86. The fraction of sp³-hybridized carbons (Fsp3) is 0.0435. The van der Waals surface area contributed by atoms with Crippen molar-refractivity contribution in [3.8, 4) is 22.3 Å². The van der Waals surface area contributed by atoms with Gasteiger partial charge in [-0.15, -0.1) is 11.3 Å². The Morgan fingerprint density at radius 1 is 0.542 bits per heavy atom. The minimum absolute atomic E-state index is 1.06. The lowest BCUT2D eigenvalue weighted by atomic mass is 9.89. The Labute approximate surface area is 286 Å². The van der Waals surface area contributed by atoms with Gasteiger partial charge in [0.25, 0.3) is 0 Å². The molecule has 0 saturated heterocycles. The average molecular weight is 634 g/mol. The molecule has 2 heteroatoms. The van der Waals surface area contributed by atoms with Crippen molar-refractivity contribution >= 4 is 71.0 Å². The summed E-state index contributed by atoms with van der Waals surface area (Å²) in [5.41, 5.74) is 11.7. The van der Waals surface area contributed by atoms with Crippen LogP contribution in [-0.4, -0.2) is 0 Å². The SMILES string of the molecule is C=C(C)c1cc(-c2ccc(N(c3ccc(-c4ccccc4)cc3)c3ccc4sc5ccccc5c4c3)cc2)c2ccccc2c1/C=C\C. The van der Waals surface area contributed by atoms with Crippen LogP contribution in [-0.2, 0) is 0 Å². The third-order valence-corrected chi connectivity index (χ3v) is 10.3. The zero-order valence-corrected chi connectivity index (χ0v) is 28.0. The first-order valence-electron chi connectivity index (χ1n) is 16.4. The van der Waals surface area contributed by atoms with Gasteiger partial charge in [0, 0.05) is 37.2 Å². The molecule has 0 amide bonds. The van der Waals surface area contributed by atoms with E-state index in [1.165, 1.54) is 64.3 Å². The maximum atomic E-state index is 4.34. The van der Waals surface area contributed by atoms with Gasteiger partial charge in [0.15, 0.2) is 0 Å². The van der Waals surface area contributed by atoms with Crippen LogP contribution in [0, 0.1) is 0 Å². The summed E-state index contributed by atoms with van der Waals surface area (Å²) in [4.78, 5) is 2.37. The molecule has 0 unspecified atom stereocenters. The molecule has 0 spiro atoms. The number of hydrogen-bond acceptors (Lipinski definition) is 2. The monoisotopic (exact) mass is 633 g/mol. The number of anilines is 3. The molecule has 8 aromatic rings. The van der Waals surface area contributed by atoms with Crippen molar-refractivity contribution in [1.29, 1.82) is 0 Å². The first-order chi connectivity index (χ1) is 23.6. The highest BCUT2D eigenvalue weighted by Gasteiger charge is 2.17. The predicted molar refractivity (Wildman–Crippen MR) is 212 cm³/mol. The van der Waals surface area contributed by atoms with Gasteiger partial charge in [0.05, 0.1) is 0 Å². The summed E-state index contributed by atoms with van der Waals surface area (Å²) < 4.78 is 2.62. The molecule has 0 fully saturated rings. The van der Waals surface area contributed by atoms with E-state index < -0.39 is 0 Å². The molecular formula is C46H35NS. The molecule has 1 nitrogen and oxygen atoms in total. The van der Waals surface area contributed by atoms with Gasteiger partial charge in [-0.25, -0.2) is 0 Å². The zero-order valence-electron chi connectivity index (χ0n) is 27.2. The quantitative estimate of drug-likeness (QED) is 0.169. The lowest BCUT2D eigenvalue weighted by molar-refractivity contribution is 1.29. The van der Waals surface area contributed by atoms with Gasteiger partial charge in [0.2, 0.25) is 0 Å². The molecule has 0 N–H and O–H groups in total. The van der Waals surface area contributed by atoms with Crippen molar-refractivity contribution in [2.45, 2.75) is 13.8 Å². The van der Waals surface area contributed by atoms with E-state index in [0.717, 1.165) is 22.6 Å². The molecule has 0 saturated carbocycles. The molecule has 0 aliphatic rings. The molecule has 7 aromatic carbocycles. The van der Waals surface area contributed by atoms with Gasteiger partial charge in [-0.1, -0.05) is 121 Å². The van der Waals surface area contributed by atoms with E-state index in [1.807, 2.05) is 11.3 Å². The molecule has 8 rings (SSSR count). The minimum Gasteiger partial charge on any atom is -0.310 e. The number of hydrogen-bond donors (Lipinski definition) is 0. The number of thiophene rings is 1. The topological polar surface area (TPSA) is 3.24 Å². The second-order valence-corrected chi connectivity index (χ2v) is 13.4. The number of benzene rings is 7. The highest BCUT2D eigenvalue weighted by atomic mass is 32.1. The van der Waals surface area contributed by atoms with Gasteiger partial charge in [-0.3, -0.25) is 0 Å². The zero-order chi connectivity index (χ0) is 32.6. The van der Waals surface area contributed by atoms with Crippen molar-refractivity contribution in [3.05, 3.63) is 175 Å². The molecule has 0 bridgehead atoms. The van der Waals surface area contributed by atoms with Crippen LogP contribution in [0.25, 0.3) is 64.8 Å². The highest BCUT2D eigenvalue weighted by Crippen LogP contribution is 2.42. The summed E-state index contributed by atoms with van der Waals surface area (Å²) in [6, 6.07) is 55.1. The van der Waals surface area contributed by atoms with Crippen LogP contribution in [0.1, 0.15) is 25.0 Å². The fourth-order valence-corrected chi connectivity index (χ4v) is 7.95. The molecule has 1 heterocycles. The Balaban J connectivity index is 1.27. The van der Waals surface area contributed by atoms with Gasteiger partial charge >= 0.3 is 0 Å². The van der Waals surface area contributed by atoms with Crippen LogP contribution in [0.3, 0.4) is 0 Å². The molecule has 48 heavy (non-hydrogen) atoms. The van der Waals surface area contributed by atoms with Crippen LogP contribution < -0.4 is 4.90 Å². The largest absolute Gasteiger partial charge is 0.310 e. The third kappa shape index (κ3) is 5.31. The first kappa shape index (κ1) is 29.7. The van der Waals surface area contributed by atoms with Crippen LogP contribution in [0.15, 0.2) is 164 Å². The van der Waals surface area contributed by atoms with E-state index in [-0.39, 0.29) is 0 Å². The maximum Gasteiger partial charge on any atom is 0.0468 e. The average Bonchev–Trinajstić information content (AvgIpc) is 3.51. The second kappa shape index (κ2) is 12.5. The second-order valence-electron chi connectivity index (χ2n) is 12.3. The predicted octanol–water partition coefficient (Wildman–Crippen LogP) is 14.1. The highest BCUT2D eigenvalue weighted by molar-refractivity contribution is 7.25. The molecular weight excluding hydrogens is 599 g/mol. The third-order valence-electron chi connectivity index (χ3n) is 9.17. The van der Waals surface area contributed by atoms with Crippen molar-refractivity contribution in [2.24, 2.45) is 0 Å².